The molecule has 1 heterocycles. The molecule has 1 aliphatic heterocycles. The van der Waals surface area contributed by atoms with Crippen LogP contribution in [-0.2, 0) is 4.79 Å². The zero-order valence-electron chi connectivity index (χ0n) is 13.3. The number of rotatable bonds is 4. The second kappa shape index (κ2) is 6.71. The third-order valence-corrected chi connectivity index (χ3v) is 4.22. The molecule has 4 nitrogen and oxygen atoms in total. The molecule has 0 radical (unpaired) electrons. The van der Waals surface area contributed by atoms with Gasteiger partial charge in [-0.25, -0.2) is 0 Å². The van der Waals surface area contributed by atoms with E-state index < -0.39 is 0 Å². The van der Waals surface area contributed by atoms with Crippen LogP contribution in [0.4, 0.5) is 0 Å². The van der Waals surface area contributed by atoms with Gasteiger partial charge in [0.1, 0.15) is 0 Å². The van der Waals surface area contributed by atoms with Crippen LogP contribution in [0.15, 0.2) is 0 Å². The summed E-state index contributed by atoms with van der Waals surface area (Å²) < 4.78 is 0. The molecule has 4 heteroatoms. The minimum absolute atomic E-state index is 0.146. The van der Waals surface area contributed by atoms with Gasteiger partial charge < -0.3 is 10.0 Å². The normalized spacial score (nSPS) is 26.8. The number of hydrogen-bond acceptors (Lipinski definition) is 3. The van der Waals surface area contributed by atoms with Gasteiger partial charge >= 0.3 is 0 Å². The van der Waals surface area contributed by atoms with Gasteiger partial charge in [0, 0.05) is 18.6 Å². The summed E-state index contributed by atoms with van der Waals surface area (Å²) in [6.07, 6.45) is 0.651. The molecule has 1 N–H and O–H groups in total. The van der Waals surface area contributed by atoms with Crippen LogP contribution in [-0.4, -0.2) is 58.1 Å². The molecule has 0 spiro atoms. The SMILES string of the molecule is CC1CCN(C(C)C(=O)N(C(C)C)C(C)C)CC1O. The molecule has 0 aliphatic carbocycles. The first-order valence-corrected chi connectivity index (χ1v) is 7.50. The van der Waals surface area contributed by atoms with Crippen molar-refractivity contribution in [1.82, 2.24) is 9.80 Å². The zero-order valence-corrected chi connectivity index (χ0v) is 13.3. The molecule has 112 valence electrons. The molecule has 0 aromatic heterocycles. The number of nitrogens with zero attached hydrogens (tertiary/aromatic N) is 2. The standard InChI is InChI=1S/C15H30N2O2/c1-10(2)17(11(3)4)15(19)13(6)16-8-7-12(5)14(18)9-16/h10-14,18H,7-9H2,1-6H3. The van der Waals surface area contributed by atoms with Crippen LogP contribution in [0.25, 0.3) is 0 Å². The van der Waals surface area contributed by atoms with Crippen LogP contribution in [0.2, 0.25) is 0 Å². The van der Waals surface area contributed by atoms with E-state index in [1.54, 1.807) is 0 Å². The van der Waals surface area contributed by atoms with Crippen molar-refractivity contribution < 1.29 is 9.90 Å². The third-order valence-electron chi connectivity index (χ3n) is 4.22. The Morgan fingerprint density at radius 3 is 2.16 bits per heavy atom. The van der Waals surface area contributed by atoms with Crippen LogP contribution in [0.5, 0.6) is 0 Å². The molecule has 1 aliphatic rings. The summed E-state index contributed by atoms with van der Waals surface area (Å²) in [5.74, 6) is 0.511. The van der Waals surface area contributed by atoms with Crippen molar-refractivity contribution in [2.24, 2.45) is 5.92 Å². The van der Waals surface area contributed by atoms with Gasteiger partial charge in [-0.15, -0.1) is 0 Å². The van der Waals surface area contributed by atoms with Gasteiger partial charge in [0.15, 0.2) is 0 Å². The first kappa shape index (κ1) is 16.4. The summed E-state index contributed by atoms with van der Waals surface area (Å²) in [5.41, 5.74) is 0. The Hall–Kier alpha value is -0.610. The lowest BCUT2D eigenvalue weighted by molar-refractivity contribution is -0.141. The van der Waals surface area contributed by atoms with Crippen molar-refractivity contribution in [3.05, 3.63) is 0 Å². The van der Waals surface area contributed by atoms with Crippen molar-refractivity contribution in [1.29, 1.82) is 0 Å². The second-order valence-electron chi connectivity index (χ2n) is 6.44. The van der Waals surface area contributed by atoms with Gasteiger partial charge in [0.25, 0.3) is 0 Å². The molecule has 1 fully saturated rings. The van der Waals surface area contributed by atoms with Crippen molar-refractivity contribution in [3.8, 4) is 0 Å². The molecule has 0 bridgehead atoms. The minimum atomic E-state index is -0.310. The third kappa shape index (κ3) is 3.93. The van der Waals surface area contributed by atoms with E-state index in [2.05, 4.69) is 39.5 Å². The first-order chi connectivity index (χ1) is 8.75. The van der Waals surface area contributed by atoms with E-state index in [1.165, 1.54) is 0 Å². The average molecular weight is 270 g/mol. The number of piperidine rings is 1. The molecule has 0 aromatic rings. The average Bonchev–Trinajstić information content (AvgIpc) is 2.30. The lowest BCUT2D eigenvalue weighted by Crippen LogP contribution is -2.55. The second-order valence-corrected chi connectivity index (χ2v) is 6.44. The molecule has 1 rings (SSSR count). The fourth-order valence-corrected chi connectivity index (χ4v) is 2.90. The molecule has 0 aromatic carbocycles. The molecule has 3 unspecified atom stereocenters. The lowest BCUT2D eigenvalue weighted by Gasteiger charge is -2.41. The van der Waals surface area contributed by atoms with Crippen LogP contribution >= 0.6 is 0 Å². The van der Waals surface area contributed by atoms with Gasteiger partial charge in [-0.05, 0) is 53.5 Å². The smallest absolute Gasteiger partial charge is 0.240 e. The number of aliphatic hydroxyl groups is 1. The van der Waals surface area contributed by atoms with Crippen molar-refractivity contribution in [2.75, 3.05) is 13.1 Å². The molecule has 0 saturated carbocycles. The van der Waals surface area contributed by atoms with Crippen LogP contribution < -0.4 is 0 Å². The molecule has 1 saturated heterocycles. The maximum absolute atomic E-state index is 12.6. The Labute approximate surface area is 117 Å². The molecular weight excluding hydrogens is 240 g/mol. The summed E-state index contributed by atoms with van der Waals surface area (Å²) in [6.45, 7) is 13.8. The number of hydrogen-bond donors (Lipinski definition) is 1. The highest BCUT2D eigenvalue weighted by molar-refractivity contribution is 5.82. The van der Waals surface area contributed by atoms with E-state index in [-0.39, 0.29) is 30.1 Å². The van der Waals surface area contributed by atoms with Crippen molar-refractivity contribution in [3.63, 3.8) is 0 Å². The van der Waals surface area contributed by atoms with Crippen LogP contribution in [0.1, 0.15) is 48.0 Å². The van der Waals surface area contributed by atoms with Crippen LogP contribution in [0, 0.1) is 5.92 Å². The van der Waals surface area contributed by atoms with Gasteiger partial charge in [0.2, 0.25) is 5.91 Å². The summed E-state index contributed by atoms with van der Waals surface area (Å²) in [6, 6.07) is 0.277. The number of amides is 1. The largest absolute Gasteiger partial charge is 0.392 e. The van der Waals surface area contributed by atoms with E-state index >= 15 is 0 Å². The minimum Gasteiger partial charge on any atom is -0.392 e. The fraction of sp³-hybridized carbons (Fsp3) is 0.933. The number of β-amino-alcohol motifs (C(OH)–C–C–N with tert-alkyl or cyclic N) is 1. The van der Waals surface area contributed by atoms with Crippen molar-refractivity contribution >= 4 is 5.91 Å². The molecule has 3 atom stereocenters. The summed E-state index contributed by atoms with van der Waals surface area (Å²) in [5, 5.41) is 9.97. The Kier molecular flexibility index (Phi) is 5.81. The zero-order chi connectivity index (χ0) is 14.7. The summed E-state index contributed by atoms with van der Waals surface area (Å²) in [4.78, 5) is 16.7. The summed E-state index contributed by atoms with van der Waals surface area (Å²) in [7, 11) is 0. The Morgan fingerprint density at radius 2 is 1.74 bits per heavy atom. The lowest BCUT2D eigenvalue weighted by atomic mass is 9.95. The van der Waals surface area contributed by atoms with E-state index in [9.17, 15) is 9.90 Å². The maximum Gasteiger partial charge on any atom is 0.240 e. The van der Waals surface area contributed by atoms with Gasteiger partial charge in [0.05, 0.1) is 12.1 Å². The van der Waals surface area contributed by atoms with E-state index in [0.29, 0.717) is 12.5 Å². The predicted octanol–water partition coefficient (Wildman–Crippen LogP) is 1.72. The first-order valence-electron chi connectivity index (χ1n) is 7.50. The Balaban J connectivity index is 2.71. The highest BCUT2D eigenvalue weighted by atomic mass is 16.3. The van der Waals surface area contributed by atoms with Gasteiger partial charge in [-0.3, -0.25) is 9.69 Å². The number of carbonyl (C=O) groups excluding carboxylic acids is 1. The highest BCUT2D eigenvalue weighted by Crippen LogP contribution is 2.20. The topological polar surface area (TPSA) is 43.8 Å². The molecular formula is C15H30N2O2. The van der Waals surface area contributed by atoms with E-state index in [4.69, 9.17) is 0 Å². The Morgan fingerprint density at radius 1 is 1.21 bits per heavy atom. The van der Waals surface area contributed by atoms with E-state index in [1.807, 2.05) is 11.8 Å². The van der Waals surface area contributed by atoms with Gasteiger partial charge in [-0.2, -0.15) is 0 Å². The number of carbonyl (C=O) groups is 1. The van der Waals surface area contributed by atoms with E-state index in [0.717, 1.165) is 13.0 Å². The van der Waals surface area contributed by atoms with Crippen molar-refractivity contribution in [2.45, 2.75) is 72.2 Å². The molecule has 1 amide bonds. The Bertz CT molecular complexity index is 297. The monoisotopic (exact) mass is 270 g/mol. The molecule has 19 heavy (non-hydrogen) atoms. The quantitative estimate of drug-likeness (QED) is 0.846. The number of aliphatic hydroxyl groups excluding tert-OH is 1. The summed E-state index contributed by atoms with van der Waals surface area (Å²) >= 11 is 0. The highest BCUT2D eigenvalue weighted by Gasteiger charge is 2.33. The van der Waals surface area contributed by atoms with Crippen LogP contribution in [0.3, 0.4) is 0 Å². The van der Waals surface area contributed by atoms with Gasteiger partial charge in [-0.1, -0.05) is 6.92 Å². The predicted molar refractivity (Wildman–Crippen MR) is 77.9 cm³/mol. The maximum atomic E-state index is 12.6. The number of likely N-dealkylation sites (tertiary alicyclic amines) is 1. The fourth-order valence-electron chi connectivity index (χ4n) is 2.90.